The molecule has 1 atom stereocenters. The van der Waals surface area contributed by atoms with Gasteiger partial charge in [-0.05, 0) is 36.2 Å². The Hall–Kier alpha value is -3.08. The summed E-state index contributed by atoms with van der Waals surface area (Å²) in [6.07, 6.45) is 0.654. The molecule has 5 heteroatoms. The van der Waals surface area contributed by atoms with Gasteiger partial charge in [-0.25, -0.2) is 0 Å². The highest BCUT2D eigenvalue weighted by Crippen LogP contribution is 2.41. The number of nitrogens with one attached hydrogen (secondary N) is 2. The van der Waals surface area contributed by atoms with Crippen LogP contribution in [0, 0.1) is 12.3 Å². The molecule has 2 aromatic rings. The Morgan fingerprint density at radius 1 is 1.24 bits per heavy atom. The first-order valence-corrected chi connectivity index (χ1v) is 8.37. The number of hydrogen-bond donors (Lipinski definition) is 2. The number of carbonyl (C=O) groups excluding carboxylic acids is 1. The minimum Gasteiger partial charge on any atom is -0.489 e. The van der Waals surface area contributed by atoms with Crippen molar-refractivity contribution in [2.75, 3.05) is 16.8 Å². The van der Waals surface area contributed by atoms with Crippen LogP contribution in [0.1, 0.15) is 11.1 Å². The topological polar surface area (TPSA) is 65.4 Å². The number of ether oxygens (including phenoxy) is 1. The zero-order chi connectivity index (χ0) is 17.1. The van der Waals surface area contributed by atoms with E-state index in [2.05, 4.69) is 5.32 Å². The molecule has 5 nitrogen and oxygen atoms in total. The first-order chi connectivity index (χ1) is 12.1. The fourth-order valence-corrected chi connectivity index (χ4v) is 3.86. The van der Waals surface area contributed by atoms with Crippen LogP contribution in [0.25, 0.3) is 0 Å². The lowest BCUT2D eigenvalue weighted by atomic mass is 10.0. The van der Waals surface area contributed by atoms with E-state index in [-0.39, 0.29) is 18.2 Å². The van der Waals surface area contributed by atoms with Gasteiger partial charge in [-0.3, -0.25) is 10.2 Å². The van der Waals surface area contributed by atoms with Gasteiger partial charge in [-0.1, -0.05) is 24.3 Å². The highest BCUT2D eigenvalue weighted by molar-refractivity contribution is 6.35. The normalized spacial score (nSPS) is 23.7. The van der Waals surface area contributed by atoms with Crippen LogP contribution in [0.4, 0.5) is 11.4 Å². The lowest BCUT2D eigenvalue weighted by molar-refractivity contribution is -0.116. The van der Waals surface area contributed by atoms with Gasteiger partial charge in [0.1, 0.15) is 24.2 Å². The molecule has 3 heterocycles. The van der Waals surface area contributed by atoms with Crippen molar-refractivity contribution in [1.82, 2.24) is 0 Å². The second-order valence-corrected chi connectivity index (χ2v) is 6.69. The second-order valence-electron chi connectivity index (χ2n) is 6.69. The number of para-hydroxylation sites is 1. The number of Topliss-reactive ketones (excluding diaryl/α,β-unsaturated/α-hetero) is 1. The second kappa shape index (κ2) is 4.96. The summed E-state index contributed by atoms with van der Waals surface area (Å²) in [4.78, 5) is 14.8. The minimum atomic E-state index is -0.449. The van der Waals surface area contributed by atoms with Gasteiger partial charge in [-0.15, -0.1) is 0 Å². The smallest absolute Gasteiger partial charge is 0.194 e. The molecule has 0 saturated carbocycles. The molecule has 0 bridgehead atoms. The predicted molar refractivity (Wildman–Crippen MR) is 96.5 cm³/mol. The van der Waals surface area contributed by atoms with E-state index in [1.165, 1.54) is 0 Å². The van der Waals surface area contributed by atoms with E-state index in [0.29, 0.717) is 12.0 Å². The molecule has 25 heavy (non-hydrogen) atoms. The van der Waals surface area contributed by atoms with Crippen LogP contribution in [-0.2, 0) is 11.2 Å². The SMILES string of the molecule is Cc1ccc2c(c1)N1C(=N)C(=C3Cc4ccccc4N3)C(=O)C1CO2. The summed E-state index contributed by atoms with van der Waals surface area (Å²) < 4.78 is 5.78. The Morgan fingerprint density at radius 3 is 2.92 bits per heavy atom. The summed E-state index contributed by atoms with van der Waals surface area (Å²) in [6.45, 7) is 2.28. The third kappa shape index (κ3) is 1.95. The Balaban J connectivity index is 1.61. The maximum absolute atomic E-state index is 13.0. The van der Waals surface area contributed by atoms with Crippen LogP contribution in [0.5, 0.6) is 5.75 Å². The average Bonchev–Trinajstić information content (AvgIpc) is 3.13. The number of nitrogens with zero attached hydrogens (tertiary/aromatic N) is 1. The Morgan fingerprint density at radius 2 is 2.08 bits per heavy atom. The van der Waals surface area contributed by atoms with Crippen LogP contribution in [0.3, 0.4) is 0 Å². The molecule has 0 radical (unpaired) electrons. The fourth-order valence-electron chi connectivity index (χ4n) is 3.86. The van der Waals surface area contributed by atoms with Crippen LogP contribution in [-0.4, -0.2) is 24.3 Å². The van der Waals surface area contributed by atoms with Crippen molar-refractivity contribution in [2.45, 2.75) is 19.4 Å². The summed E-state index contributed by atoms with van der Waals surface area (Å²) in [5.41, 5.74) is 5.36. The molecule has 1 unspecified atom stereocenters. The maximum atomic E-state index is 13.0. The van der Waals surface area contributed by atoms with Crippen LogP contribution in [0.2, 0.25) is 0 Å². The molecule has 1 fully saturated rings. The zero-order valence-electron chi connectivity index (χ0n) is 13.8. The first-order valence-electron chi connectivity index (χ1n) is 8.37. The summed E-state index contributed by atoms with van der Waals surface area (Å²) in [5, 5.41) is 12.0. The Bertz CT molecular complexity index is 950. The molecule has 2 aromatic carbocycles. The number of fused-ring (bicyclic) bond motifs is 4. The van der Waals surface area contributed by atoms with E-state index in [9.17, 15) is 4.79 Å². The number of ketones is 1. The van der Waals surface area contributed by atoms with E-state index in [4.69, 9.17) is 10.1 Å². The molecule has 2 N–H and O–H groups in total. The molecule has 3 aliphatic heterocycles. The molecule has 0 spiro atoms. The van der Waals surface area contributed by atoms with E-state index in [0.717, 1.165) is 33.9 Å². The van der Waals surface area contributed by atoms with Gasteiger partial charge in [0, 0.05) is 17.8 Å². The van der Waals surface area contributed by atoms with Crippen molar-refractivity contribution in [2.24, 2.45) is 0 Å². The number of hydrogen-bond acceptors (Lipinski definition) is 4. The molecule has 124 valence electrons. The van der Waals surface area contributed by atoms with Crippen LogP contribution < -0.4 is 15.0 Å². The lowest BCUT2D eigenvalue weighted by Crippen LogP contribution is -2.43. The van der Waals surface area contributed by atoms with Gasteiger partial charge in [-0.2, -0.15) is 0 Å². The minimum absolute atomic E-state index is 0.0348. The van der Waals surface area contributed by atoms with Crippen molar-refractivity contribution >= 4 is 23.0 Å². The zero-order valence-corrected chi connectivity index (χ0v) is 13.8. The molecule has 0 aromatic heterocycles. The fraction of sp³-hybridized carbons (Fsp3) is 0.200. The van der Waals surface area contributed by atoms with E-state index in [1.54, 1.807) is 0 Å². The lowest BCUT2D eigenvalue weighted by Gasteiger charge is -2.31. The van der Waals surface area contributed by atoms with Gasteiger partial charge in [0.2, 0.25) is 0 Å². The molecular weight excluding hydrogens is 314 g/mol. The van der Waals surface area contributed by atoms with Crippen molar-refractivity contribution in [3.63, 3.8) is 0 Å². The van der Waals surface area contributed by atoms with Crippen molar-refractivity contribution in [3.05, 3.63) is 64.9 Å². The van der Waals surface area contributed by atoms with Gasteiger partial charge < -0.3 is 15.0 Å². The van der Waals surface area contributed by atoms with Crippen molar-refractivity contribution in [1.29, 1.82) is 5.41 Å². The Labute approximate surface area is 145 Å². The first kappa shape index (κ1) is 14.3. The highest BCUT2D eigenvalue weighted by Gasteiger charge is 2.47. The summed E-state index contributed by atoms with van der Waals surface area (Å²) >= 11 is 0. The van der Waals surface area contributed by atoms with Gasteiger partial charge in [0.05, 0.1) is 11.3 Å². The number of carbonyl (C=O) groups is 1. The standard InChI is InChI=1S/C20H17N3O2/c1-11-6-7-17-15(8-11)23-16(10-25-17)19(24)18(20(23)21)14-9-12-4-2-3-5-13(12)22-14/h2-8,16,21-22H,9-10H2,1H3. The van der Waals surface area contributed by atoms with Gasteiger partial charge in [0.15, 0.2) is 5.78 Å². The van der Waals surface area contributed by atoms with Gasteiger partial charge in [0.25, 0.3) is 0 Å². The number of benzene rings is 2. The molecule has 5 rings (SSSR count). The molecule has 0 aliphatic carbocycles. The Kier molecular flexibility index (Phi) is 2.83. The molecule has 0 amide bonds. The number of anilines is 2. The molecule has 3 aliphatic rings. The quantitative estimate of drug-likeness (QED) is 0.728. The predicted octanol–water partition coefficient (Wildman–Crippen LogP) is 3.04. The van der Waals surface area contributed by atoms with Crippen molar-refractivity contribution < 1.29 is 9.53 Å². The molecular formula is C20H17N3O2. The van der Waals surface area contributed by atoms with Crippen LogP contribution in [0.15, 0.2) is 53.7 Å². The number of allylic oxidation sites excluding steroid dienone is 1. The number of aryl methyl sites for hydroxylation is 1. The summed E-state index contributed by atoms with van der Waals surface area (Å²) in [6, 6.07) is 13.4. The third-order valence-corrected chi connectivity index (χ3v) is 5.08. The third-order valence-electron chi connectivity index (χ3n) is 5.08. The monoisotopic (exact) mass is 331 g/mol. The number of rotatable bonds is 0. The van der Waals surface area contributed by atoms with E-state index in [1.807, 2.05) is 54.3 Å². The summed E-state index contributed by atoms with van der Waals surface area (Å²) in [7, 11) is 0. The average molecular weight is 331 g/mol. The van der Waals surface area contributed by atoms with E-state index < -0.39 is 6.04 Å². The number of amidine groups is 1. The van der Waals surface area contributed by atoms with Crippen LogP contribution >= 0.6 is 0 Å². The summed E-state index contributed by atoms with van der Waals surface area (Å²) in [5.74, 6) is 0.959. The molecule has 1 saturated heterocycles. The van der Waals surface area contributed by atoms with E-state index >= 15 is 0 Å². The maximum Gasteiger partial charge on any atom is 0.194 e. The van der Waals surface area contributed by atoms with Gasteiger partial charge >= 0.3 is 0 Å². The largest absolute Gasteiger partial charge is 0.489 e. The van der Waals surface area contributed by atoms with Crippen molar-refractivity contribution in [3.8, 4) is 5.75 Å². The highest BCUT2D eigenvalue weighted by atomic mass is 16.5.